The van der Waals surface area contributed by atoms with Gasteiger partial charge in [0.15, 0.2) is 11.5 Å². The van der Waals surface area contributed by atoms with Crippen LogP contribution in [-0.2, 0) is 16.6 Å². The number of methoxy groups -OCH3 is 1. The number of carbonyl (C=O) groups excluding carboxylic acids is 1. The van der Waals surface area contributed by atoms with Gasteiger partial charge in [-0.05, 0) is 54.7 Å². The lowest BCUT2D eigenvalue weighted by Crippen LogP contribution is -2.48. The van der Waals surface area contributed by atoms with Crippen LogP contribution in [0.5, 0.6) is 17.2 Å². The van der Waals surface area contributed by atoms with Crippen molar-refractivity contribution in [1.29, 1.82) is 0 Å². The Morgan fingerprint density at radius 1 is 0.972 bits per heavy atom. The second-order valence-corrected chi connectivity index (χ2v) is 11.6. The zero-order valence-corrected chi connectivity index (χ0v) is 21.6. The molecule has 2 saturated heterocycles. The predicted molar refractivity (Wildman–Crippen MR) is 134 cm³/mol. The number of amides is 1. The molecule has 3 aliphatic heterocycles. The smallest absolute Gasteiger partial charge is 0.257 e. The van der Waals surface area contributed by atoms with E-state index < -0.39 is 10.0 Å². The lowest BCUT2D eigenvalue weighted by molar-refractivity contribution is 0.0625. The molecule has 0 bridgehead atoms. The first-order valence-electron chi connectivity index (χ1n) is 12.4. The molecule has 0 aliphatic carbocycles. The first-order valence-corrected chi connectivity index (χ1v) is 13.9. The summed E-state index contributed by atoms with van der Waals surface area (Å²) in [5, 5.41) is 0. The van der Waals surface area contributed by atoms with E-state index in [2.05, 4.69) is 11.8 Å². The normalized spacial score (nSPS) is 19.4. The van der Waals surface area contributed by atoms with Crippen LogP contribution >= 0.6 is 0 Å². The largest absolute Gasteiger partial charge is 0.496 e. The van der Waals surface area contributed by atoms with Gasteiger partial charge in [-0.1, -0.05) is 13.0 Å². The molecule has 2 aromatic carbocycles. The number of piperazine rings is 1. The van der Waals surface area contributed by atoms with Gasteiger partial charge in [-0.3, -0.25) is 9.69 Å². The molecule has 0 radical (unpaired) electrons. The van der Waals surface area contributed by atoms with Crippen molar-refractivity contribution in [2.75, 3.05) is 53.2 Å². The number of ether oxygens (including phenoxy) is 3. The number of hydrogen-bond acceptors (Lipinski definition) is 7. The van der Waals surface area contributed by atoms with E-state index in [1.165, 1.54) is 23.5 Å². The highest BCUT2D eigenvalue weighted by Gasteiger charge is 2.31. The molecule has 3 aliphatic rings. The van der Waals surface area contributed by atoms with Gasteiger partial charge in [0, 0.05) is 45.8 Å². The van der Waals surface area contributed by atoms with Gasteiger partial charge >= 0.3 is 0 Å². The van der Waals surface area contributed by atoms with E-state index >= 15 is 0 Å². The number of fused-ring (bicyclic) bond motifs is 1. The third-order valence-corrected chi connectivity index (χ3v) is 9.18. The van der Waals surface area contributed by atoms with E-state index in [1.807, 2.05) is 18.2 Å². The Morgan fingerprint density at radius 2 is 1.69 bits per heavy atom. The molecule has 1 amide bonds. The molecule has 0 N–H and O–H groups in total. The summed E-state index contributed by atoms with van der Waals surface area (Å²) in [7, 11) is -2.17. The fourth-order valence-corrected chi connectivity index (χ4v) is 6.46. The summed E-state index contributed by atoms with van der Waals surface area (Å²) in [6, 6.07) is 10.6. The maximum atomic E-state index is 13.5. The van der Waals surface area contributed by atoms with Gasteiger partial charge in [-0.2, -0.15) is 4.31 Å². The van der Waals surface area contributed by atoms with Crippen LogP contribution in [0.1, 0.15) is 35.7 Å². The Bertz CT molecular complexity index is 1220. The quantitative estimate of drug-likeness (QED) is 0.585. The molecular weight excluding hydrogens is 482 g/mol. The first-order chi connectivity index (χ1) is 17.3. The number of carbonyl (C=O) groups is 1. The van der Waals surface area contributed by atoms with Crippen LogP contribution in [-0.4, -0.2) is 81.6 Å². The van der Waals surface area contributed by atoms with Crippen LogP contribution in [0.2, 0.25) is 0 Å². The Hall–Kier alpha value is -2.82. The average Bonchev–Trinajstić information content (AvgIpc) is 3.36. The van der Waals surface area contributed by atoms with E-state index in [0.29, 0.717) is 50.9 Å². The van der Waals surface area contributed by atoms with Crippen molar-refractivity contribution in [3.63, 3.8) is 0 Å². The molecule has 194 valence electrons. The summed E-state index contributed by atoms with van der Waals surface area (Å²) < 4.78 is 44.4. The van der Waals surface area contributed by atoms with Gasteiger partial charge in [0.05, 0.1) is 17.6 Å². The van der Waals surface area contributed by atoms with Crippen LogP contribution in [0.4, 0.5) is 0 Å². The standard InChI is InChI=1S/C26H33N3O6S/c1-19-7-9-29(10-8-19)36(31,32)21-4-6-23(33-2)22(16-21)26(30)28-13-11-27(12-14-28)17-20-3-5-24-25(15-20)35-18-34-24/h3-6,15-16,19H,7-14,17-18H2,1-2H3. The molecule has 5 rings (SSSR count). The lowest BCUT2D eigenvalue weighted by Gasteiger charge is -2.35. The molecule has 2 aromatic rings. The summed E-state index contributed by atoms with van der Waals surface area (Å²) in [6.45, 7) is 6.68. The Kier molecular flexibility index (Phi) is 7.09. The molecule has 0 spiro atoms. The minimum Gasteiger partial charge on any atom is -0.496 e. The molecule has 36 heavy (non-hydrogen) atoms. The van der Waals surface area contributed by atoms with Crippen LogP contribution in [0.3, 0.4) is 0 Å². The number of nitrogens with zero attached hydrogens (tertiary/aromatic N) is 3. The zero-order chi connectivity index (χ0) is 25.3. The van der Waals surface area contributed by atoms with Crippen molar-refractivity contribution in [2.24, 2.45) is 5.92 Å². The number of hydrogen-bond donors (Lipinski definition) is 0. The van der Waals surface area contributed by atoms with E-state index in [1.54, 1.807) is 11.0 Å². The monoisotopic (exact) mass is 515 g/mol. The van der Waals surface area contributed by atoms with Gasteiger partial charge in [-0.25, -0.2) is 8.42 Å². The maximum absolute atomic E-state index is 13.5. The van der Waals surface area contributed by atoms with Gasteiger partial charge in [0.2, 0.25) is 16.8 Å². The van der Waals surface area contributed by atoms with E-state index in [4.69, 9.17) is 14.2 Å². The van der Waals surface area contributed by atoms with E-state index in [-0.39, 0.29) is 23.2 Å². The fraction of sp³-hybridized carbons (Fsp3) is 0.500. The third kappa shape index (κ3) is 5.02. The lowest BCUT2D eigenvalue weighted by atomic mass is 10.0. The van der Waals surface area contributed by atoms with Crippen LogP contribution < -0.4 is 14.2 Å². The van der Waals surface area contributed by atoms with Crippen LogP contribution in [0, 0.1) is 5.92 Å². The van der Waals surface area contributed by atoms with Gasteiger partial charge in [0.25, 0.3) is 5.91 Å². The molecule has 0 saturated carbocycles. The molecule has 10 heteroatoms. The second kappa shape index (κ2) is 10.3. The highest BCUT2D eigenvalue weighted by molar-refractivity contribution is 7.89. The topological polar surface area (TPSA) is 88.6 Å². The van der Waals surface area contributed by atoms with Crippen molar-refractivity contribution >= 4 is 15.9 Å². The maximum Gasteiger partial charge on any atom is 0.257 e. The Balaban J connectivity index is 1.26. The summed E-state index contributed by atoms with van der Waals surface area (Å²) in [4.78, 5) is 17.7. The highest BCUT2D eigenvalue weighted by Crippen LogP contribution is 2.33. The number of sulfonamides is 1. The van der Waals surface area contributed by atoms with Gasteiger partial charge < -0.3 is 19.1 Å². The minimum atomic E-state index is -3.67. The SMILES string of the molecule is COc1ccc(S(=O)(=O)N2CCC(C)CC2)cc1C(=O)N1CCN(Cc2ccc3c(c2)OCO3)CC1. The van der Waals surface area contributed by atoms with E-state index in [9.17, 15) is 13.2 Å². The zero-order valence-electron chi connectivity index (χ0n) is 20.8. The van der Waals surface area contributed by atoms with Gasteiger partial charge in [0.1, 0.15) is 5.75 Å². The number of benzene rings is 2. The Labute approximate surface area is 212 Å². The average molecular weight is 516 g/mol. The van der Waals surface area contributed by atoms with Crippen LogP contribution in [0.15, 0.2) is 41.3 Å². The molecular formula is C26H33N3O6S. The van der Waals surface area contributed by atoms with Crippen molar-refractivity contribution < 1.29 is 27.4 Å². The molecule has 0 unspecified atom stereocenters. The third-order valence-electron chi connectivity index (χ3n) is 7.28. The summed E-state index contributed by atoms with van der Waals surface area (Å²) in [5.74, 6) is 2.23. The van der Waals surface area contributed by atoms with Crippen molar-refractivity contribution in [2.45, 2.75) is 31.2 Å². The number of piperidine rings is 1. The fourth-order valence-electron chi connectivity index (χ4n) is 4.97. The molecule has 0 aromatic heterocycles. The predicted octanol–water partition coefficient (Wildman–Crippen LogP) is 2.80. The van der Waals surface area contributed by atoms with Crippen LogP contribution in [0.25, 0.3) is 0 Å². The summed E-state index contributed by atoms with van der Waals surface area (Å²) >= 11 is 0. The molecule has 9 nitrogen and oxygen atoms in total. The molecule has 2 fully saturated rings. The van der Waals surface area contributed by atoms with Crippen molar-refractivity contribution in [3.8, 4) is 17.2 Å². The van der Waals surface area contributed by atoms with Gasteiger partial charge in [-0.15, -0.1) is 0 Å². The van der Waals surface area contributed by atoms with Crippen molar-refractivity contribution in [3.05, 3.63) is 47.5 Å². The minimum absolute atomic E-state index is 0.141. The second-order valence-electron chi connectivity index (χ2n) is 9.70. The van der Waals surface area contributed by atoms with Crippen molar-refractivity contribution in [1.82, 2.24) is 14.1 Å². The summed E-state index contributed by atoms with van der Waals surface area (Å²) in [6.07, 6.45) is 1.69. The first kappa shape index (κ1) is 24.9. The summed E-state index contributed by atoms with van der Waals surface area (Å²) in [5.41, 5.74) is 1.42. The molecule has 0 atom stereocenters. The van der Waals surface area contributed by atoms with E-state index in [0.717, 1.165) is 36.4 Å². The molecule has 3 heterocycles. The highest BCUT2D eigenvalue weighted by atomic mass is 32.2. The number of rotatable bonds is 6. The Morgan fingerprint density at radius 3 is 2.42 bits per heavy atom.